The van der Waals surface area contributed by atoms with Crippen LogP contribution in [0, 0.1) is 0 Å². The van der Waals surface area contributed by atoms with E-state index >= 15 is 0 Å². The van der Waals surface area contributed by atoms with Crippen LogP contribution in [0.15, 0.2) is 36.5 Å². The van der Waals surface area contributed by atoms with E-state index in [-0.39, 0.29) is 13.2 Å². The minimum atomic E-state index is 0.109. The Hall–Kier alpha value is -0.860. The molecule has 0 fully saturated rings. The van der Waals surface area contributed by atoms with Gasteiger partial charge in [-0.05, 0) is 12.8 Å². The molecule has 0 bridgehead atoms. The third-order valence-electron chi connectivity index (χ3n) is 1.26. The molecule has 0 rings (SSSR count). The van der Waals surface area contributed by atoms with Crippen LogP contribution in [0.1, 0.15) is 12.8 Å². The average molecular weight is 168 g/mol. The summed E-state index contributed by atoms with van der Waals surface area (Å²) in [4.78, 5) is 0. The number of hydrogen-bond acceptors (Lipinski definition) is 2. The Bertz CT molecular complexity index is 139. The molecular weight excluding hydrogens is 152 g/mol. The Labute approximate surface area is 73.5 Å². The average Bonchev–Trinajstić information content (AvgIpc) is 2.10. The minimum Gasteiger partial charge on any atom is -0.392 e. The molecule has 0 amide bonds. The lowest BCUT2D eigenvalue weighted by Gasteiger charge is -1.82. The predicted octanol–water partition coefficient (Wildman–Crippen LogP) is 1.42. The van der Waals surface area contributed by atoms with Crippen LogP contribution in [-0.2, 0) is 0 Å². The highest BCUT2D eigenvalue weighted by Crippen LogP contribution is 1.90. The lowest BCUT2D eigenvalue weighted by Crippen LogP contribution is -1.70. The Morgan fingerprint density at radius 2 is 0.917 bits per heavy atom. The van der Waals surface area contributed by atoms with Crippen LogP contribution in [-0.4, -0.2) is 23.4 Å². The lowest BCUT2D eigenvalue weighted by molar-refractivity contribution is 0.342. The van der Waals surface area contributed by atoms with E-state index in [1.807, 2.05) is 24.3 Å². The summed E-state index contributed by atoms with van der Waals surface area (Å²) in [6.45, 7) is 0.219. The van der Waals surface area contributed by atoms with Crippen LogP contribution in [0.4, 0.5) is 0 Å². The molecule has 0 aromatic rings. The Kier molecular flexibility index (Phi) is 9.41. The summed E-state index contributed by atoms with van der Waals surface area (Å²) in [5.41, 5.74) is 0. The van der Waals surface area contributed by atoms with Crippen LogP contribution in [0.25, 0.3) is 0 Å². The fourth-order valence-corrected chi connectivity index (χ4v) is 0.691. The lowest BCUT2D eigenvalue weighted by atomic mass is 10.3. The van der Waals surface area contributed by atoms with Gasteiger partial charge in [0.25, 0.3) is 0 Å². The molecule has 0 aromatic heterocycles. The Balaban J connectivity index is 3.25. The number of aliphatic hydroxyl groups excluding tert-OH is 2. The maximum absolute atomic E-state index is 8.39. The molecule has 0 aromatic carbocycles. The maximum Gasteiger partial charge on any atom is 0.0612 e. The molecular formula is C10H16O2. The van der Waals surface area contributed by atoms with Crippen LogP contribution in [0.3, 0.4) is 0 Å². The third kappa shape index (κ3) is 9.14. The van der Waals surface area contributed by atoms with Crippen molar-refractivity contribution < 1.29 is 10.2 Å². The Morgan fingerprint density at radius 1 is 0.583 bits per heavy atom. The summed E-state index contributed by atoms with van der Waals surface area (Å²) in [6, 6.07) is 0. The molecule has 0 unspecified atom stereocenters. The van der Waals surface area contributed by atoms with Crippen LogP contribution in [0.5, 0.6) is 0 Å². The van der Waals surface area contributed by atoms with Gasteiger partial charge in [-0.2, -0.15) is 0 Å². The number of aliphatic hydroxyl groups is 2. The Morgan fingerprint density at radius 3 is 1.25 bits per heavy atom. The highest BCUT2D eigenvalue weighted by atomic mass is 16.3. The van der Waals surface area contributed by atoms with Crippen molar-refractivity contribution in [2.45, 2.75) is 12.8 Å². The van der Waals surface area contributed by atoms with E-state index in [1.165, 1.54) is 0 Å². The van der Waals surface area contributed by atoms with Crippen molar-refractivity contribution in [1.82, 2.24) is 0 Å². The summed E-state index contributed by atoms with van der Waals surface area (Å²) in [6.07, 6.45) is 13.0. The van der Waals surface area contributed by atoms with Gasteiger partial charge in [0, 0.05) is 0 Å². The van der Waals surface area contributed by atoms with E-state index in [9.17, 15) is 0 Å². The van der Waals surface area contributed by atoms with Gasteiger partial charge in [0.1, 0.15) is 0 Å². The maximum atomic E-state index is 8.39. The van der Waals surface area contributed by atoms with Gasteiger partial charge in [0.2, 0.25) is 0 Å². The van der Waals surface area contributed by atoms with Crippen LogP contribution >= 0.6 is 0 Å². The number of rotatable bonds is 6. The first-order valence-electron chi connectivity index (χ1n) is 4.08. The van der Waals surface area contributed by atoms with E-state index < -0.39 is 0 Å². The largest absolute Gasteiger partial charge is 0.392 e. The van der Waals surface area contributed by atoms with Gasteiger partial charge in [-0.1, -0.05) is 36.5 Å². The monoisotopic (exact) mass is 168 g/mol. The van der Waals surface area contributed by atoms with Gasteiger partial charge >= 0.3 is 0 Å². The van der Waals surface area contributed by atoms with Gasteiger partial charge in [0.15, 0.2) is 0 Å². The molecule has 0 saturated carbocycles. The summed E-state index contributed by atoms with van der Waals surface area (Å²) in [7, 11) is 0. The van der Waals surface area contributed by atoms with Gasteiger partial charge in [0.05, 0.1) is 13.2 Å². The standard InChI is InChI=1S/C10H16O2/c11-9-7-5-3-1-2-4-6-8-10-12/h1-2,5-8,11-12H,3-4,9-10H2/b2-1+,7-5+,8-6+. The van der Waals surface area contributed by atoms with Crippen molar-refractivity contribution in [2.24, 2.45) is 0 Å². The fraction of sp³-hybridized carbons (Fsp3) is 0.400. The normalized spacial score (nSPS) is 12.5. The predicted molar refractivity (Wildman–Crippen MR) is 50.8 cm³/mol. The van der Waals surface area contributed by atoms with Gasteiger partial charge in [-0.15, -0.1) is 0 Å². The van der Waals surface area contributed by atoms with Crippen molar-refractivity contribution >= 4 is 0 Å². The first-order chi connectivity index (χ1) is 5.91. The van der Waals surface area contributed by atoms with Crippen LogP contribution in [0.2, 0.25) is 0 Å². The zero-order valence-electron chi connectivity index (χ0n) is 7.19. The van der Waals surface area contributed by atoms with Gasteiger partial charge in [-0.3, -0.25) is 0 Å². The fourth-order valence-electron chi connectivity index (χ4n) is 0.691. The van der Waals surface area contributed by atoms with Gasteiger partial charge in [-0.25, -0.2) is 0 Å². The van der Waals surface area contributed by atoms with Gasteiger partial charge < -0.3 is 10.2 Å². The summed E-state index contributed by atoms with van der Waals surface area (Å²) in [5, 5.41) is 16.8. The zero-order valence-corrected chi connectivity index (χ0v) is 7.19. The first-order valence-corrected chi connectivity index (χ1v) is 4.08. The van der Waals surface area contributed by atoms with Crippen molar-refractivity contribution in [3.63, 3.8) is 0 Å². The number of allylic oxidation sites excluding steroid dienone is 4. The molecule has 0 heterocycles. The zero-order chi connectivity index (χ0) is 9.07. The molecule has 12 heavy (non-hydrogen) atoms. The molecule has 2 N–H and O–H groups in total. The molecule has 2 heteroatoms. The highest BCUT2D eigenvalue weighted by molar-refractivity contribution is 4.96. The van der Waals surface area contributed by atoms with Crippen molar-refractivity contribution in [3.8, 4) is 0 Å². The molecule has 0 atom stereocenters. The van der Waals surface area contributed by atoms with Crippen molar-refractivity contribution in [1.29, 1.82) is 0 Å². The van der Waals surface area contributed by atoms with Crippen molar-refractivity contribution in [2.75, 3.05) is 13.2 Å². The molecule has 2 nitrogen and oxygen atoms in total. The quantitative estimate of drug-likeness (QED) is 0.589. The molecule has 0 spiro atoms. The molecule has 0 radical (unpaired) electrons. The molecule has 0 aliphatic carbocycles. The van der Waals surface area contributed by atoms with E-state index in [4.69, 9.17) is 10.2 Å². The second kappa shape index (κ2) is 10.1. The van der Waals surface area contributed by atoms with E-state index in [0.29, 0.717) is 0 Å². The highest BCUT2D eigenvalue weighted by Gasteiger charge is 1.72. The second-order valence-electron chi connectivity index (χ2n) is 2.25. The van der Waals surface area contributed by atoms with E-state index in [0.717, 1.165) is 12.8 Å². The molecule has 0 aliphatic heterocycles. The minimum absolute atomic E-state index is 0.109. The number of hydrogen-bond donors (Lipinski definition) is 2. The topological polar surface area (TPSA) is 40.5 Å². The summed E-state index contributed by atoms with van der Waals surface area (Å²) in [5.74, 6) is 0. The van der Waals surface area contributed by atoms with E-state index in [2.05, 4.69) is 0 Å². The van der Waals surface area contributed by atoms with E-state index in [1.54, 1.807) is 12.2 Å². The SMILES string of the molecule is OC/C=C/C/C=C/C/C=C/CO. The summed E-state index contributed by atoms with van der Waals surface area (Å²) < 4.78 is 0. The molecule has 68 valence electrons. The molecule has 0 aliphatic rings. The van der Waals surface area contributed by atoms with Crippen molar-refractivity contribution in [3.05, 3.63) is 36.5 Å². The second-order valence-corrected chi connectivity index (χ2v) is 2.25. The molecule has 0 saturated heterocycles. The van der Waals surface area contributed by atoms with Crippen LogP contribution < -0.4 is 0 Å². The summed E-state index contributed by atoms with van der Waals surface area (Å²) >= 11 is 0. The third-order valence-corrected chi connectivity index (χ3v) is 1.26. The smallest absolute Gasteiger partial charge is 0.0612 e. The first kappa shape index (κ1) is 11.1.